The van der Waals surface area contributed by atoms with E-state index in [9.17, 15) is 4.79 Å². The molecule has 40 heavy (non-hydrogen) atoms. The van der Waals surface area contributed by atoms with E-state index in [0.717, 1.165) is 64.0 Å². The molecule has 3 aromatic heterocycles. The maximum absolute atomic E-state index is 12.4. The van der Waals surface area contributed by atoms with Crippen LogP contribution >= 0.6 is 0 Å². The SMILES string of the molecule is CCNC(=O)N(CC)CCC(CC)Cc1nc(-c2ccc3ccc(-c4ccccc4)nc3c2)c2c(N)nccn12. The third-order valence-corrected chi connectivity index (χ3v) is 7.54. The molecule has 3 N–H and O–H groups in total. The Kier molecular flexibility index (Phi) is 8.24. The van der Waals surface area contributed by atoms with Crippen molar-refractivity contribution in [3.63, 3.8) is 0 Å². The Labute approximate surface area is 235 Å². The molecule has 0 bridgehead atoms. The van der Waals surface area contributed by atoms with Gasteiger partial charge in [0, 0.05) is 55.0 Å². The van der Waals surface area contributed by atoms with Gasteiger partial charge in [-0.3, -0.25) is 4.40 Å². The molecule has 206 valence electrons. The molecule has 2 amide bonds. The maximum Gasteiger partial charge on any atom is 0.317 e. The third-order valence-electron chi connectivity index (χ3n) is 7.54. The van der Waals surface area contributed by atoms with E-state index in [-0.39, 0.29) is 6.03 Å². The predicted octanol–water partition coefficient (Wildman–Crippen LogP) is 6.20. The molecule has 2 aromatic carbocycles. The summed E-state index contributed by atoms with van der Waals surface area (Å²) in [6, 6.07) is 20.6. The highest BCUT2D eigenvalue weighted by Gasteiger charge is 2.20. The summed E-state index contributed by atoms with van der Waals surface area (Å²) in [5, 5.41) is 3.98. The van der Waals surface area contributed by atoms with Gasteiger partial charge in [-0.15, -0.1) is 0 Å². The summed E-state index contributed by atoms with van der Waals surface area (Å²) in [5.74, 6) is 1.75. The van der Waals surface area contributed by atoms with E-state index in [4.69, 9.17) is 15.7 Å². The number of nitrogens with zero attached hydrogens (tertiary/aromatic N) is 5. The molecule has 0 aliphatic heterocycles. The highest BCUT2D eigenvalue weighted by molar-refractivity contribution is 5.91. The van der Waals surface area contributed by atoms with E-state index < -0.39 is 0 Å². The third kappa shape index (κ3) is 5.61. The van der Waals surface area contributed by atoms with Crippen LogP contribution in [0.1, 0.15) is 39.4 Å². The Balaban J connectivity index is 1.47. The first kappa shape index (κ1) is 27.1. The molecule has 8 nitrogen and oxygen atoms in total. The lowest BCUT2D eigenvalue weighted by molar-refractivity contribution is 0.196. The number of amides is 2. The van der Waals surface area contributed by atoms with Gasteiger partial charge in [0.1, 0.15) is 22.9 Å². The topological polar surface area (TPSA) is 101 Å². The monoisotopic (exact) mass is 535 g/mol. The van der Waals surface area contributed by atoms with Crippen LogP contribution in [0.5, 0.6) is 0 Å². The number of nitrogens with two attached hydrogens (primary N) is 1. The summed E-state index contributed by atoms with van der Waals surface area (Å²) in [4.78, 5) is 28.7. The van der Waals surface area contributed by atoms with Gasteiger partial charge in [0.2, 0.25) is 0 Å². The average molecular weight is 536 g/mol. The van der Waals surface area contributed by atoms with E-state index in [0.29, 0.717) is 31.4 Å². The summed E-state index contributed by atoms with van der Waals surface area (Å²) >= 11 is 0. The zero-order valence-corrected chi connectivity index (χ0v) is 23.5. The second-order valence-electron chi connectivity index (χ2n) is 10.1. The Morgan fingerprint density at radius 2 is 1.82 bits per heavy atom. The van der Waals surface area contributed by atoms with E-state index in [1.54, 1.807) is 6.20 Å². The van der Waals surface area contributed by atoms with Crippen molar-refractivity contribution in [2.75, 3.05) is 25.4 Å². The maximum atomic E-state index is 12.4. The van der Waals surface area contributed by atoms with Crippen molar-refractivity contribution in [2.45, 2.75) is 40.0 Å². The van der Waals surface area contributed by atoms with Crippen molar-refractivity contribution in [1.29, 1.82) is 0 Å². The first-order chi connectivity index (χ1) is 19.5. The molecule has 0 saturated heterocycles. The second-order valence-corrected chi connectivity index (χ2v) is 10.1. The van der Waals surface area contributed by atoms with E-state index in [1.807, 2.05) is 43.1 Å². The fourth-order valence-corrected chi connectivity index (χ4v) is 5.22. The van der Waals surface area contributed by atoms with Gasteiger partial charge in [0.25, 0.3) is 0 Å². The second kappa shape index (κ2) is 12.2. The molecule has 1 unspecified atom stereocenters. The lowest BCUT2D eigenvalue weighted by atomic mass is 9.97. The summed E-state index contributed by atoms with van der Waals surface area (Å²) < 4.78 is 2.07. The quantitative estimate of drug-likeness (QED) is 0.222. The van der Waals surface area contributed by atoms with E-state index >= 15 is 0 Å². The minimum Gasteiger partial charge on any atom is -0.382 e. The summed E-state index contributed by atoms with van der Waals surface area (Å²) in [6.45, 7) is 8.17. The summed E-state index contributed by atoms with van der Waals surface area (Å²) in [5.41, 5.74) is 11.9. The molecular weight excluding hydrogens is 498 g/mol. The number of imidazole rings is 1. The molecule has 0 fully saturated rings. The molecule has 0 saturated carbocycles. The minimum atomic E-state index is -0.00687. The highest BCUT2D eigenvalue weighted by atomic mass is 16.2. The van der Waals surface area contributed by atoms with Crippen molar-refractivity contribution in [3.05, 3.63) is 78.9 Å². The van der Waals surface area contributed by atoms with Crippen LogP contribution in [0.2, 0.25) is 0 Å². The Morgan fingerprint density at radius 1 is 1.02 bits per heavy atom. The number of hydrogen-bond acceptors (Lipinski definition) is 5. The average Bonchev–Trinajstić information content (AvgIpc) is 3.36. The van der Waals surface area contributed by atoms with Crippen molar-refractivity contribution in [2.24, 2.45) is 5.92 Å². The highest BCUT2D eigenvalue weighted by Crippen LogP contribution is 2.32. The number of nitrogen functional groups attached to an aromatic ring is 1. The van der Waals surface area contributed by atoms with Gasteiger partial charge in [0.15, 0.2) is 0 Å². The van der Waals surface area contributed by atoms with Crippen LogP contribution in [0.25, 0.3) is 38.9 Å². The van der Waals surface area contributed by atoms with Crippen molar-refractivity contribution in [3.8, 4) is 22.5 Å². The number of urea groups is 1. The van der Waals surface area contributed by atoms with Crippen LogP contribution in [-0.4, -0.2) is 49.9 Å². The minimum absolute atomic E-state index is 0.00687. The fraction of sp³-hybridized carbons (Fsp3) is 0.312. The van der Waals surface area contributed by atoms with E-state index in [2.05, 4.69) is 64.1 Å². The molecule has 0 spiro atoms. The van der Waals surface area contributed by atoms with Gasteiger partial charge in [-0.2, -0.15) is 0 Å². The first-order valence-corrected chi connectivity index (χ1v) is 14.1. The van der Waals surface area contributed by atoms with Crippen LogP contribution in [-0.2, 0) is 6.42 Å². The number of rotatable bonds is 10. The van der Waals surface area contributed by atoms with Crippen molar-refractivity contribution >= 4 is 28.3 Å². The summed E-state index contributed by atoms with van der Waals surface area (Å²) in [6.07, 6.45) is 6.32. The van der Waals surface area contributed by atoms with Crippen LogP contribution < -0.4 is 11.1 Å². The molecule has 0 aliphatic carbocycles. The fourth-order valence-electron chi connectivity index (χ4n) is 5.22. The van der Waals surface area contributed by atoms with Crippen molar-refractivity contribution < 1.29 is 4.79 Å². The molecule has 1 atom stereocenters. The number of anilines is 1. The van der Waals surface area contributed by atoms with Gasteiger partial charge < -0.3 is 16.0 Å². The Bertz CT molecular complexity index is 1610. The normalized spacial score (nSPS) is 12.1. The summed E-state index contributed by atoms with van der Waals surface area (Å²) in [7, 11) is 0. The molecule has 0 radical (unpaired) electrons. The number of carbonyl (C=O) groups is 1. The molecule has 3 heterocycles. The standard InChI is InChI=1S/C32H37N7O/c1-4-22(16-18-38(6-3)32(40)34-5-2)20-28-37-29(30-31(33)35-17-19-39(28)30)25-13-12-24-14-15-26(36-27(24)21-25)23-10-8-7-9-11-23/h7-15,17,19,21-22H,4-6,16,18,20H2,1-3H3,(H2,33,35)(H,34,40). The Morgan fingerprint density at radius 3 is 2.58 bits per heavy atom. The molecule has 5 rings (SSSR count). The van der Waals surface area contributed by atoms with Crippen molar-refractivity contribution in [1.82, 2.24) is 29.6 Å². The molecule has 5 aromatic rings. The van der Waals surface area contributed by atoms with Crippen LogP contribution in [0, 0.1) is 5.92 Å². The van der Waals surface area contributed by atoms with Crippen LogP contribution in [0.4, 0.5) is 10.6 Å². The molecule has 0 aliphatic rings. The lowest BCUT2D eigenvalue weighted by Gasteiger charge is -2.23. The van der Waals surface area contributed by atoms with Gasteiger partial charge in [0.05, 0.1) is 11.2 Å². The zero-order valence-electron chi connectivity index (χ0n) is 23.5. The first-order valence-electron chi connectivity index (χ1n) is 14.1. The van der Waals surface area contributed by atoms with Gasteiger partial charge in [-0.25, -0.2) is 19.7 Å². The smallest absolute Gasteiger partial charge is 0.317 e. The Hall–Kier alpha value is -4.46. The largest absolute Gasteiger partial charge is 0.382 e. The van der Waals surface area contributed by atoms with Crippen LogP contribution in [0.3, 0.4) is 0 Å². The number of carbonyl (C=O) groups excluding carboxylic acids is 1. The van der Waals surface area contributed by atoms with Crippen LogP contribution in [0.15, 0.2) is 73.1 Å². The number of hydrogen-bond donors (Lipinski definition) is 2. The van der Waals surface area contributed by atoms with E-state index in [1.165, 1.54) is 0 Å². The predicted molar refractivity (Wildman–Crippen MR) is 162 cm³/mol. The number of pyridine rings is 1. The number of fused-ring (bicyclic) bond motifs is 2. The number of aromatic nitrogens is 4. The van der Waals surface area contributed by atoms with Gasteiger partial charge in [-0.1, -0.05) is 61.9 Å². The number of nitrogens with one attached hydrogen (secondary N) is 1. The molecular formula is C32H37N7O. The van der Waals surface area contributed by atoms with Gasteiger partial charge in [-0.05, 0) is 38.3 Å². The van der Waals surface area contributed by atoms with Gasteiger partial charge >= 0.3 is 6.03 Å². The lowest BCUT2D eigenvalue weighted by Crippen LogP contribution is -2.40. The number of benzene rings is 2. The zero-order chi connectivity index (χ0) is 28.1. The molecule has 8 heteroatoms.